The van der Waals surface area contributed by atoms with Crippen molar-refractivity contribution in [1.29, 1.82) is 0 Å². The molecule has 2 amide bonds. The summed E-state index contributed by atoms with van der Waals surface area (Å²) in [6.07, 6.45) is 2.09. The van der Waals surface area contributed by atoms with E-state index in [-0.39, 0.29) is 18.4 Å². The highest BCUT2D eigenvalue weighted by Gasteiger charge is 2.39. The second-order valence-electron chi connectivity index (χ2n) is 7.48. The van der Waals surface area contributed by atoms with Crippen LogP contribution in [-0.2, 0) is 15.0 Å². The number of carbonyl (C=O) groups is 3. The van der Waals surface area contributed by atoms with Gasteiger partial charge in [0.05, 0.1) is 11.3 Å². The molecule has 0 aromatic heterocycles. The SMILES string of the molecule is CCC(CNC(=O)c1ccccc1N(C)C(=O)C1CC1)(C(=O)O)c1ccccc1. The molecule has 1 saturated carbocycles. The number of hydrogen-bond acceptors (Lipinski definition) is 3. The van der Waals surface area contributed by atoms with Crippen LogP contribution in [0.1, 0.15) is 42.1 Å². The molecule has 1 aliphatic rings. The number of carbonyl (C=O) groups excluding carboxylic acids is 2. The van der Waals surface area contributed by atoms with Crippen molar-refractivity contribution in [2.75, 3.05) is 18.5 Å². The van der Waals surface area contributed by atoms with Crippen LogP contribution in [0.15, 0.2) is 54.6 Å². The molecule has 1 atom stereocenters. The van der Waals surface area contributed by atoms with E-state index in [0.717, 1.165) is 12.8 Å². The maximum atomic E-state index is 13.0. The Morgan fingerprint density at radius 1 is 1.07 bits per heavy atom. The van der Waals surface area contributed by atoms with Gasteiger partial charge in [0, 0.05) is 19.5 Å². The smallest absolute Gasteiger partial charge is 0.315 e. The average Bonchev–Trinajstić information content (AvgIpc) is 3.59. The first kappa shape index (κ1) is 20.6. The molecule has 1 fully saturated rings. The van der Waals surface area contributed by atoms with Crippen LogP contribution in [0.4, 0.5) is 5.69 Å². The molecule has 0 spiro atoms. The Hall–Kier alpha value is -3.15. The zero-order valence-electron chi connectivity index (χ0n) is 16.7. The minimum atomic E-state index is -1.22. The second-order valence-corrected chi connectivity index (χ2v) is 7.48. The molecule has 0 bridgehead atoms. The number of carboxylic acids is 1. The predicted molar refractivity (Wildman–Crippen MR) is 111 cm³/mol. The normalized spacial score (nSPS) is 15.2. The Morgan fingerprint density at radius 3 is 2.28 bits per heavy atom. The van der Waals surface area contributed by atoms with Crippen LogP contribution in [0.25, 0.3) is 0 Å². The van der Waals surface area contributed by atoms with Gasteiger partial charge in [-0.1, -0.05) is 49.4 Å². The van der Waals surface area contributed by atoms with Crippen LogP contribution in [0.2, 0.25) is 0 Å². The summed E-state index contributed by atoms with van der Waals surface area (Å²) >= 11 is 0. The number of nitrogens with one attached hydrogen (secondary N) is 1. The van der Waals surface area contributed by atoms with Gasteiger partial charge < -0.3 is 15.3 Å². The van der Waals surface area contributed by atoms with E-state index in [2.05, 4.69) is 5.32 Å². The molecular weight excluding hydrogens is 368 g/mol. The largest absolute Gasteiger partial charge is 0.481 e. The van der Waals surface area contributed by atoms with E-state index in [1.807, 2.05) is 6.07 Å². The van der Waals surface area contributed by atoms with Gasteiger partial charge in [-0.25, -0.2) is 0 Å². The van der Waals surface area contributed by atoms with Gasteiger partial charge in [-0.3, -0.25) is 14.4 Å². The number of carboxylic acid groups (broad SMARTS) is 1. The molecule has 29 heavy (non-hydrogen) atoms. The fourth-order valence-electron chi connectivity index (χ4n) is 3.55. The van der Waals surface area contributed by atoms with E-state index in [1.165, 1.54) is 4.90 Å². The predicted octanol–water partition coefficient (Wildman–Crippen LogP) is 3.22. The Labute approximate surface area is 170 Å². The lowest BCUT2D eigenvalue weighted by Crippen LogP contribution is -2.46. The zero-order valence-corrected chi connectivity index (χ0v) is 16.7. The summed E-state index contributed by atoms with van der Waals surface area (Å²) in [7, 11) is 1.67. The number of nitrogens with zero attached hydrogens (tertiary/aromatic N) is 1. The summed E-state index contributed by atoms with van der Waals surface area (Å²) in [6, 6.07) is 15.8. The molecule has 2 aromatic rings. The number of benzene rings is 2. The van der Waals surface area contributed by atoms with Crippen molar-refractivity contribution in [3.05, 3.63) is 65.7 Å². The van der Waals surface area contributed by atoms with Crippen molar-refractivity contribution >= 4 is 23.5 Å². The van der Waals surface area contributed by atoms with Gasteiger partial charge >= 0.3 is 5.97 Å². The molecule has 6 nitrogen and oxygen atoms in total. The average molecular weight is 394 g/mol. The van der Waals surface area contributed by atoms with Crippen LogP contribution >= 0.6 is 0 Å². The zero-order chi connectivity index (χ0) is 21.0. The van der Waals surface area contributed by atoms with E-state index >= 15 is 0 Å². The minimum Gasteiger partial charge on any atom is -0.481 e. The first-order chi connectivity index (χ1) is 13.9. The monoisotopic (exact) mass is 394 g/mol. The highest BCUT2D eigenvalue weighted by molar-refractivity contribution is 6.05. The topological polar surface area (TPSA) is 86.7 Å². The van der Waals surface area contributed by atoms with Gasteiger partial charge in [0.15, 0.2) is 0 Å². The first-order valence-electron chi connectivity index (χ1n) is 9.84. The molecule has 2 N–H and O–H groups in total. The molecule has 1 aliphatic carbocycles. The van der Waals surface area contributed by atoms with Gasteiger partial charge in [-0.05, 0) is 37.0 Å². The molecule has 152 valence electrons. The Bertz CT molecular complexity index is 908. The lowest BCUT2D eigenvalue weighted by atomic mass is 9.78. The fourth-order valence-corrected chi connectivity index (χ4v) is 3.55. The van der Waals surface area contributed by atoms with Crippen molar-refractivity contribution < 1.29 is 19.5 Å². The van der Waals surface area contributed by atoms with E-state index < -0.39 is 17.3 Å². The van der Waals surface area contributed by atoms with Crippen LogP contribution in [0.3, 0.4) is 0 Å². The highest BCUT2D eigenvalue weighted by atomic mass is 16.4. The van der Waals surface area contributed by atoms with Crippen LogP contribution in [0.5, 0.6) is 0 Å². The van der Waals surface area contributed by atoms with E-state index in [1.54, 1.807) is 62.5 Å². The summed E-state index contributed by atoms with van der Waals surface area (Å²) in [5, 5.41) is 12.7. The standard InChI is InChI=1S/C23H26N2O4/c1-3-23(22(28)29,17-9-5-4-6-10-17)15-24-20(26)18-11-7-8-12-19(18)25(2)21(27)16-13-14-16/h4-12,16H,3,13-15H2,1-2H3,(H,24,26)(H,28,29). The van der Waals surface area contributed by atoms with Gasteiger partial charge in [-0.2, -0.15) is 0 Å². The maximum absolute atomic E-state index is 13.0. The van der Waals surface area contributed by atoms with E-state index in [0.29, 0.717) is 23.2 Å². The minimum absolute atomic E-state index is 0.00276. The van der Waals surface area contributed by atoms with E-state index in [4.69, 9.17) is 0 Å². The van der Waals surface area contributed by atoms with Crippen molar-refractivity contribution in [2.24, 2.45) is 5.92 Å². The van der Waals surface area contributed by atoms with Gasteiger partial charge in [-0.15, -0.1) is 0 Å². The highest BCUT2D eigenvalue weighted by Crippen LogP contribution is 2.33. The number of aliphatic carboxylic acids is 1. The summed E-state index contributed by atoms with van der Waals surface area (Å²) in [5.74, 6) is -1.34. The maximum Gasteiger partial charge on any atom is 0.315 e. The lowest BCUT2D eigenvalue weighted by molar-refractivity contribution is -0.143. The van der Waals surface area contributed by atoms with Crippen molar-refractivity contribution in [3.8, 4) is 0 Å². The molecule has 0 heterocycles. The summed E-state index contributed by atoms with van der Waals surface area (Å²) in [4.78, 5) is 39.1. The molecular formula is C23H26N2O4. The van der Waals surface area contributed by atoms with Gasteiger partial charge in [0.1, 0.15) is 5.41 Å². The quantitative estimate of drug-likeness (QED) is 0.720. The van der Waals surface area contributed by atoms with Crippen molar-refractivity contribution in [2.45, 2.75) is 31.6 Å². The van der Waals surface area contributed by atoms with Crippen LogP contribution in [-0.4, -0.2) is 36.5 Å². The summed E-state index contributed by atoms with van der Waals surface area (Å²) in [5.41, 5.74) is 0.304. The van der Waals surface area contributed by atoms with Crippen molar-refractivity contribution in [3.63, 3.8) is 0 Å². The summed E-state index contributed by atoms with van der Waals surface area (Å²) in [6.45, 7) is 1.75. The molecule has 2 aromatic carbocycles. The Kier molecular flexibility index (Phi) is 6.01. The molecule has 6 heteroatoms. The number of para-hydroxylation sites is 1. The second kappa shape index (κ2) is 8.47. The van der Waals surface area contributed by atoms with Crippen molar-refractivity contribution in [1.82, 2.24) is 5.32 Å². The van der Waals surface area contributed by atoms with Gasteiger partial charge in [0.25, 0.3) is 5.91 Å². The number of amides is 2. The third-order valence-corrected chi connectivity index (χ3v) is 5.66. The third kappa shape index (κ3) is 4.16. The summed E-state index contributed by atoms with van der Waals surface area (Å²) < 4.78 is 0. The molecule has 0 saturated heterocycles. The first-order valence-corrected chi connectivity index (χ1v) is 9.84. The Morgan fingerprint density at radius 2 is 1.69 bits per heavy atom. The lowest BCUT2D eigenvalue weighted by Gasteiger charge is -2.29. The van der Waals surface area contributed by atoms with E-state index in [9.17, 15) is 19.5 Å². The van der Waals surface area contributed by atoms with Crippen LogP contribution in [0, 0.1) is 5.92 Å². The molecule has 1 unspecified atom stereocenters. The molecule has 0 radical (unpaired) electrons. The number of rotatable bonds is 8. The molecule has 3 rings (SSSR count). The third-order valence-electron chi connectivity index (χ3n) is 5.66. The number of hydrogen-bond donors (Lipinski definition) is 2. The van der Waals surface area contributed by atoms with Crippen LogP contribution < -0.4 is 10.2 Å². The Balaban J connectivity index is 1.83. The molecule has 0 aliphatic heterocycles. The fraction of sp³-hybridized carbons (Fsp3) is 0.348. The van der Waals surface area contributed by atoms with Gasteiger partial charge in [0.2, 0.25) is 5.91 Å². The number of anilines is 1.